The number of nitrogens with one attached hydrogen (secondary N) is 2. The standard InChI is InChI=1S/C19H23F3N4OS/c1-23-18(24-10-9-17-26-16(12-28-17)19(20,21)22)25-11-13-5-2-3-8-15(13)27-14-6-4-7-14/h2-3,5,8,12,14H,4,6-7,9-11H2,1H3,(H2,23,24,25). The maximum atomic E-state index is 12.6. The van der Waals surface area contributed by atoms with Crippen molar-refractivity contribution >= 4 is 17.3 Å². The van der Waals surface area contributed by atoms with E-state index in [4.69, 9.17) is 4.74 Å². The van der Waals surface area contributed by atoms with Crippen molar-refractivity contribution < 1.29 is 17.9 Å². The van der Waals surface area contributed by atoms with E-state index in [1.807, 2.05) is 24.3 Å². The highest BCUT2D eigenvalue weighted by atomic mass is 32.1. The number of halogens is 3. The first-order chi connectivity index (χ1) is 13.5. The van der Waals surface area contributed by atoms with Gasteiger partial charge in [0, 0.05) is 37.5 Å². The summed E-state index contributed by atoms with van der Waals surface area (Å²) in [6, 6.07) is 7.88. The van der Waals surface area contributed by atoms with Crippen molar-refractivity contribution in [3.05, 3.63) is 45.9 Å². The summed E-state index contributed by atoms with van der Waals surface area (Å²) in [5, 5.41) is 7.80. The van der Waals surface area contributed by atoms with Crippen molar-refractivity contribution in [1.82, 2.24) is 15.6 Å². The lowest BCUT2D eigenvalue weighted by Gasteiger charge is -2.27. The number of aromatic nitrogens is 1. The van der Waals surface area contributed by atoms with Gasteiger partial charge < -0.3 is 15.4 Å². The number of aliphatic imine (C=N–C) groups is 1. The number of benzene rings is 1. The van der Waals surface area contributed by atoms with E-state index in [1.165, 1.54) is 6.42 Å². The van der Waals surface area contributed by atoms with Gasteiger partial charge in [-0.25, -0.2) is 4.98 Å². The average molecular weight is 412 g/mol. The Kier molecular flexibility index (Phi) is 6.77. The summed E-state index contributed by atoms with van der Waals surface area (Å²) in [5.74, 6) is 1.45. The van der Waals surface area contributed by atoms with Gasteiger partial charge in [-0.3, -0.25) is 4.99 Å². The molecule has 0 radical (unpaired) electrons. The number of alkyl halides is 3. The molecule has 1 saturated carbocycles. The molecule has 1 aromatic carbocycles. The fourth-order valence-corrected chi connectivity index (χ4v) is 3.48. The molecule has 1 aliphatic carbocycles. The van der Waals surface area contributed by atoms with Crippen LogP contribution in [0.4, 0.5) is 13.2 Å². The van der Waals surface area contributed by atoms with Crippen molar-refractivity contribution in [1.29, 1.82) is 0 Å². The normalized spacial score (nSPS) is 15.2. The number of hydrogen-bond donors (Lipinski definition) is 2. The van der Waals surface area contributed by atoms with Gasteiger partial charge in [-0.15, -0.1) is 11.3 Å². The van der Waals surface area contributed by atoms with Gasteiger partial charge in [0.1, 0.15) is 5.75 Å². The van der Waals surface area contributed by atoms with E-state index in [9.17, 15) is 13.2 Å². The lowest BCUT2D eigenvalue weighted by molar-refractivity contribution is -0.140. The first kappa shape index (κ1) is 20.4. The SMILES string of the molecule is CN=C(NCCc1nc(C(F)(F)F)cs1)NCc1ccccc1OC1CCC1. The highest BCUT2D eigenvalue weighted by Crippen LogP contribution is 2.30. The quantitative estimate of drug-likeness (QED) is 0.533. The van der Waals surface area contributed by atoms with Crippen molar-refractivity contribution in [2.45, 2.75) is 44.5 Å². The minimum absolute atomic E-state index is 0.304. The van der Waals surface area contributed by atoms with Crippen LogP contribution in [0, 0.1) is 0 Å². The van der Waals surface area contributed by atoms with Gasteiger partial charge in [0.2, 0.25) is 0 Å². The van der Waals surface area contributed by atoms with Gasteiger partial charge in [0.05, 0.1) is 11.1 Å². The molecule has 9 heteroatoms. The van der Waals surface area contributed by atoms with Crippen molar-refractivity contribution in [2.24, 2.45) is 4.99 Å². The smallest absolute Gasteiger partial charge is 0.434 e. The van der Waals surface area contributed by atoms with Crippen LogP contribution in [-0.4, -0.2) is 30.6 Å². The van der Waals surface area contributed by atoms with Crippen LogP contribution in [0.15, 0.2) is 34.6 Å². The number of para-hydroxylation sites is 1. The monoisotopic (exact) mass is 412 g/mol. The van der Waals surface area contributed by atoms with E-state index >= 15 is 0 Å². The number of thiazole rings is 1. The summed E-state index contributed by atoms with van der Waals surface area (Å²) < 4.78 is 43.8. The maximum Gasteiger partial charge on any atom is 0.434 e. The molecule has 3 rings (SSSR count). The Morgan fingerprint density at radius 1 is 1.29 bits per heavy atom. The van der Waals surface area contributed by atoms with Gasteiger partial charge in [-0.05, 0) is 25.3 Å². The Balaban J connectivity index is 1.47. The third-order valence-electron chi connectivity index (χ3n) is 4.46. The number of hydrogen-bond acceptors (Lipinski definition) is 4. The lowest BCUT2D eigenvalue weighted by Crippen LogP contribution is -2.38. The molecule has 0 aliphatic heterocycles. The summed E-state index contributed by atoms with van der Waals surface area (Å²) in [7, 11) is 1.65. The second-order valence-electron chi connectivity index (χ2n) is 6.51. The molecule has 2 N–H and O–H groups in total. The zero-order valence-corrected chi connectivity index (χ0v) is 16.4. The summed E-state index contributed by atoms with van der Waals surface area (Å²) in [6.45, 7) is 0.975. The molecule has 0 saturated heterocycles. The van der Waals surface area contributed by atoms with E-state index in [0.717, 1.165) is 40.9 Å². The fourth-order valence-electron chi connectivity index (χ4n) is 2.68. The average Bonchev–Trinajstić information content (AvgIpc) is 3.11. The third-order valence-corrected chi connectivity index (χ3v) is 5.37. The van der Waals surface area contributed by atoms with Crippen LogP contribution in [-0.2, 0) is 19.1 Å². The predicted octanol–water partition coefficient (Wildman–Crippen LogP) is 4.00. The van der Waals surface area contributed by atoms with E-state index in [0.29, 0.717) is 36.6 Å². The van der Waals surface area contributed by atoms with Gasteiger partial charge in [0.25, 0.3) is 0 Å². The largest absolute Gasteiger partial charge is 0.490 e. The van der Waals surface area contributed by atoms with Crippen LogP contribution in [0.5, 0.6) is 5.75 Å². The lowest BCUT2D eigenvalue weighted by atomic mass is 9.96. The Hall–Kier alpha value is -2.29. The molecular formula is C19H23F3N4OS. The van der Waals surface area contributed by atoms with Gasteiger partial charge in [0.15, 0.2) is 11.7 Å². The Morgan fingerprint density at radius 2 is 2.07 bits per heavy atom. The molecule has 0 amide bonds. The minimum Gasteiger partial charge on any atom is -0.490 e. The Morgan fingerprint density at radius 3 is 2.71 bits per heavy atom. The second-order valence-corrected chi connectivity index (χ2v) is 7.45. The molecular weight excluding hydrogens is 389 g/mol. The number of ether oxygens (including phenoxy) is 1. The second kappa shape index (κ2) is 9.27. The number of rotatable bonds is 7. The molecule has 1 aromatic heterocycles. The topological polar surface area (TPSA) is 58.5 Å². The molecule has 2 aromatic rings. The van der Waals surface area contributed by atoms with Crippen molar-refractivity contribution in [3.63, 3.8) is 0 Å². The Bertz CT molecular complexity index is 802. The molecule has 1 aliphatic rings. The molecule has 0 atom stereocenters. The predicted molar refractivity (Wildman–Crippen MR) is 104 cm³/mol. The highest BCUT2D eigenvalue weighted by Gasteiger charge is 2.33. The van der Waals surface area contributed by atoms with E-state index in [1.54, 1.807) is 7.05 Å². The van der Waals surface area contributed by atoms with Crippen molar-refractivity contribution in [2.75, 3.05) is 13.6 Å². The van der Waals surface area contributed by atoms with Crippen LogP contribution in [0.2, 0.25) is 0 Å². The zero-order chi connectivity index (χ0) is 20.0. The molecule has 1 heterocycles. The summed E-state index contributed by atoms with van der Waals surface area (Å²) >= 11 is 1.01. The van der Waals surface area contributed by atoms with Gasteiger partial charge in [-0.2, -0.15) is 13.2 Å². The molecule has 0 spiro atoms. The maximum absolute atomic E-state index is 12.6. The van der Waals surface area contributed by atoms with Gasteiger partial charge >= 0.3 is 6.18 Å². The molecule has 1 fully saturated rings. The third kappa shape index (κ3) is 5.60. The number of guanidine groups is 1. The van der Waals surface area contributed by atoms with E-state index in [2.05, 4.69) is 20.6 Å². The first-order valence-electron chi connectivity index (χ1n) is 9.16. The highest BCUT2D eigenvalue weighted by molar-refractivity contribution is 7.09. The molecule has 5 nitrogen and oxygen atoms in total. The van der Waals surface area contributed by atoms with Crippen LogP contribution in [0.1, 0.15) is 35.5 Å². The minimum atomic E-state index is -4.39. The fraction of sp³-hybridized carbons (Fsp3) is 0.474. The number of nitrogens with zero attached hydrogens (tertiary/aromatic N) is 2. The Labute approximate surface area is 166 Å². The summed E-state index contributed by atoms with van der Waals surface area (Å²) in [6.07, 6.45) is -0.295. The summed E-state index contributed by atoms with van der Waals surface area (Å²) in [4.78, 5) is 7.78. The van der Waals surface area contributed by atoms with Crippen LogP contribution < -0.4 is 15.4 Å². The van der Waals surface area contributed by atoms with Crippen LogP contribution in [0.25, 0.3) is 0 Å². The molecule has 28 heavy (non-hydrogen) atoms. The first-order valence-corrected chi connectivity index (χ1v) is 10.0. The van der Waals surface area contributed by atoms with E-state index in [-0.39, 0.29) is 0 Å². The van der Waals surface area contributed by atoms with E-state index < -0.39 is 11.9 Å². The molecule has 152 valence electrons. The molecule has 0 unspecified atom stereocenters. The van der Waals surface area contributed by atoms with Gasteiger partial charge in [-0.1, -0.05) is 18.2 Å². The zero-order valence-electron chi connectivity index (χ0n) is 15.6. The molecule has 0 bridgehead atoms. The van der Waals surface area contributed by atoms with Crippen molar-refractivity contribution in [3.8, 4) is 5.75 Å². The van der Waals surface area contributed by atoms with Crippen LogP contribution >= 0.6 is 11.3 Å². The van der Waals surface area contributed by atoms with Crippen LogP contribution in [0.3, 0.4) is 0 Å². The summed E-state index contributed by atoms with van der Waals surface area (Å²) in [5.41, 5.74) is 0.199.